The number of pyridine rings is 1. The molecule has 1 atom stereocenters. The number of morpholine rings is 1. The SMILES string of the molecule is Cc1ccc(/C=N\NC(=O)[C@H](c2ccncc2)N2CCOCC2)cc1. The van der Waals surface area contributed by atoms with Crippen LogP contribution in [-0.2, 0) is 9.53 Å². The van der Waals surface area contributed by atoms with Gasteiger partial charge in [0.1, 0.15) is 6.04 Å². The Hall–Kier alpha value is -2.57. The third kappa shape index (κ3) is 4.71. The van der Waals surface area contributed by atoms with E-state index in [2.05, 4.69) is 20.4 Å². The molecule has 1 aromatic carbocycles. The summed E-state index contributed by atoms with van der Waals surface area (Å²) in [5.74, 6) is -0.156. The molecule has 1 aliphatic rings. The van der Waals surface area contributed by atoms with Gasteiger partial charge in [0.05, 0.1) is 19.4 Å². The van der Waals surface area contributed by atoms with Crippen molar-refractivity contribution in [3.8, 4) is 0 Å². The lowest BCUT2D eigenvalue weighted by molar-refractivity contribution is -0.128. The number of carbonyl (C=O) groups excluding carboxylic acids is 1. The Morgan fingerprint density at radius 2 is 1.88 bits per heavy atom. The van der Waals surface area contributed by atoms with Crippen LogP contribution < -0.4 is 5.43 Å². The molecule has 0 radical (unpaired) electrons. The van der Waals surface area contributed by atoms with Gasteiger partial charge < -0.3 is 4.74 Å². The molecule has 0 bridgehead atoms. The molecule has 6 heteroatoms. The van der Waals surface area contributed by atoms with E-state index in [0.29, 0.717) is 26.3 Å². The van der Waals surface area contributed by atoms with Crippen LogP contribution in [0.25, 0.3) is 0 Å². The second kappa shape index (κ2) is 8.50. The van der Waals surface area contributed by atoms with Crippen LogP contribution in [0.5, 0.6) is 0 Å². The summed E-state index contributed by atoms with van der Waals surface area (Å²) in [7, 11) is 0. The number of nitrogens with one attached hydrogen (secondary N) is 1. The molecular weight excluding hydrogens is 316 g/mol. The first kappa shape index (κ1) is 17.3. The number of amides is 1. The normalized spacial score (nSPS) is 16.7. The minimum atomic E-state index is -0.401. The molecule has 25 heavy (non-hydrogen) atoms. The number of hydrazone groups is 1. The fraction of sp³-hybridized carbons (Fsp3) is 0.316. The summed E-state index contributed by atoms with van der Waals surface area (Å²) in [6.07, 6.45) is 5.05. The molecule has 2 aromatic rings. The van der Waals surface area contributed by atoms with Crippen molar-refractivity contribution in [2.24, 2.45) is 5.10 Å². The second-order valence-corrected chi connectivity index (χ2v) is 5.98. The zero-order valence-electron chi connectivity index (χ0n) is 14.3. The standard InChI is InChI=1S/C19H22N4O2/c1-15-2-4-16(5-3-15)14-21-22-19(24)18(17-6-8-20-9-7-17)23-10-12-25-13-11-23/h2-9,14,18H,10-13H2,1H3,(H,22,24)/b21-14-/t18-/m0/s1. The molecule has 0 unspecified atom stereocenters. The van der Waals surface area contributed by atoms with Crippen LogP contribution in [0.15, 0.2) is 53.9 Å². The van der Waals surface area contributed by atoms with Gasteiger partial charge in [-0.3, -0.25) is 14.7 Å². The number of hydrogen-bond acceptors (Lipinski definition) is 5. The minimum absolute atomic E-state index is 0.156. The van der Waals surface area contributed by atoms with Gasteiger partial charge in [-0.1, -0.05) is 29.8 Å². The molecule has 0 spiro atoms. The van der Waals surface area contributed by atoms with Crippen molar-refractivity contribution in [3.63, 3.8) is 0 Å². The number of aromatic nitrogens is 1. The van der Waals surface area contributed by atoms with Crippen molar-refractivity contribution in [2.45, 2.75) is 13.0 Å². The molecule has 1 aliphatic heterocycles. The highest BCUT2D eigenvalue weighted by molar-refractivity contribution is 5.85. The van der Waals surface area contributed by atoms with E-state index in [1.807, 2.05) is 43.3 Å². The number of carbonyl (C=O) groups is 1. The van der Waals surface area contributed by atoms with Gasteiger partial charge in [-0.05, 0) is 30.2 Å². The van der Waals surface area contributed by atoms with Crippen LogP contribution in [0.2, 0.25) is 0 Å². The summed E-state index contributed by atoms with van der Waals surface area (Å²) in [4.78, 5) is 18.9. The van der Waals surface area contributed by atoms with Gasteiger partial charge >= 0.3 is 0 Å². The van der Waals surface area contributed by atoms with Gasteiger partial charge in [-0.2, -0.15) is 5.10 Å². The van der Waals surface area contributed by atoms with E-state index in [9.17, 15) is 4.79 Å². The van der Waals surface area contributed by atoms with Gasteiger partial charge in [0, 0.05) is 25.5 Å². The van der Waals surface area contributed by atoms with Gasteiger partial charge in [0.15, 0.2) is 0 Å². The highest BCUT2D eigenvalue weighted by Crippen LogP contribution is 2.21. The second-order valence-electron chi connectivity index (χ2n) is 5.98. The van der Waals surface area contributed by atoms with Crippen LogP contribution in [0.1, 0.15) is 22.7 Å². The lowest BCUT2D eigenvalue weighted by atomic mass is 10.1. The molecule has 3 rings (SSSR count). The summed E-state index contributed by atoms with van der Waals surface area (Å²) in [6, 6.07) is 11.3. The van der Waals surface area contributed by atoms with Gasteiger partial charge in [-0.15, -0.1) is 0 Å². The summed E-state index contributed by atoms with van der Waals surface area (Å²) in [6.45, 7) is 4.71. The molecule has 1 aromatic heterocycles. The van der Waals surface area contributed by atoms with Gasteiger partial charge in [0.2, 0.25) is 0 Å². The summed E-state index contributed by atoms with van der Waals surface area (Å²) in [5, 5.41) is 4.11. The Labute approximate surface area is 147 Å². The molecule has 1 N–H and O–H groups in total. The maximum atomic E-state index is 12.8. The third-order valence-corrected chi connectivity index (χ3v) is 4.15. The molecule has 0 saturated carbocycles. The van der Waals surface area contributed by atoms with Crippen LogP contribution >= 0.6 is 0 Å². The Balaban J connectivity index is 1.71. The first-order valence-electron chi connectivity index (χ1n) is 8.35. The molecule has 1 saturated heterocycles. The fourth-order valence-corrected chi connectivity index (χ4v) is 2.79. The number of aryl methyl sites for hydroxylation is 1. The lowest BCUT2D eigenvalue weighted by Gasteiger charge is -2.33. The van der Waals surface area contributed by atoms with Crippen molar-refractivity contribution in [2.75, 3.05) is 26.3 Å². The van der Waals surface area contributed by atoms with E-state index in [0.717, 1.165) is 11.1 Å². The molecule has 0 aliphatic carbocycles. The van der Waals surface area contributed by atoms with Crippen molar-refractivity contribution >= 4 is 12.1 Å². The van der Waals surface area contributed by atoms with Crippen molar-refractivity contribution in [1.29, 1.82) is 0 Å². The quantitative estimate of drug-likeness (QED) is 0.668. The highest BCUT2D eigenvalue weighted by Gasteiger charge is 2.28. The van der Waals surface area contributed by atoms with Crippen molar-refractivity contribution < 1.29 is 9.53 Å². The summed E-state index contributed by atoms with van der Waals surface area (Å²) >= 11 is 0. The number of rotatable bonds is 5. The Morgan fingerprint density at radius 1 is 1.20 bits per heavy atom. The number of benzene rings is 1. The predicted octanol–water partition coefficient (Wildman–Crippen LogP) is 1.91. The number of ether oxygens (including phenoxy) is 1. The van der Waals surface area contributed by atoms with E-state index in [1.54, 1.807) is 18.6 Å². The van der Waals surface area contributed by atoms with Crippen LogP contribution in [0, 0.1) is 6.92 Å². The van der Waals surface area contributed by atoms with Crippen LogP contribution in [0.3, 0.4) is 0 Å². The summed E-state index contributed by atoms with van der Waals surface area (Å²) in [5.41, 5.74) is 5.70. The average molecular weight is 338 g/mol. The van der Waals surface area contributed by atoms with E-state index < -0.39 is 6.04 Å². The van der Waals surface area contributed by atoms with E-state index >= 15 is 0 Å². The zero-order chi connectivity index (χ0) is 17.5. The largest absolute Gasteiger partial charge is 0.379 e. The Bertz CT molecular complexity index is 710. The summed E-state index contributed by atoms with van der Waals surface area (Å²) < 4.78 is 5.40. The van der Waals surface area contributed by atoms with Gasteiger partial charge in [0.25, 0.3) is 5.91 Å². The first-order chi connectivity index (χ1) is 12.2. The Kier molecular flexibility index (Phi) is 5.87. The molecule has 130 valence electrons. The van der Waals surface area contributed by atoms with Crippen molar-refractivity contribution in [1.82, 2.24) is 15.3 Å². The van der Waals surface area contributed by atoms with E-state index in [-0.39, 0.29) is 5.91 Å². The van der Waals surface area contributed by atoms with E-state index in [4.69, 9.17) is 4.74 Å². The monoisotopic (exact) mass is 338 g/mol. The van der Waals surface area contributed by atoms with E-state index in [1.165, 1.54) is 5.56 Å². The molecular formula is C19H22N4O2. The fourth-order valence-electron chi connectivity index (χ4n) is 2.79. The van der Waals surface area contributed by atoms with Crippen LogP contribution in [0.4, 0.5) is 0 Å². The molecule has 6 nitrogen and oxygen atoms in total. The molecule has 1 fully saturated rings. The molecule has 2 heterocycles. The maximum Gasteiger partial charge on any atom is 0.262 e. The minimum Gasteiger partial charge on any atom is -0.379 e. The van der Waals surface area contributed by atoms with Crippen LogP contribution in [-0.4, -0.2) is 48.3 Å². The molecule has 1 amide bonds. The average Bonchev–Trinajstić information content (AvgIpc) is 2.65. The van der Waals surface area contributed by atoms with Gasteiger partial charge in [-0.25, -0.2) is 5.43 Å². The first-order valence-corrected chi connectivity index (χ1v) is 8.35. The smallest absolute Gasteiger partial charge is 0.262 e. The third-order valence-electron chi connectivity index (χ3n) is 4.15. The highest BCUT2D eigenvalue weighted by atomic mass is 16.5. The van der Waals surface area contributed by atoms with Crippen molar-refractivity contribution in [3.05, 3.63) is 65.5 Å². The number of nitrogens with zero attached hydrogens (tertiary/aromatic N) is 3. The lowest BCUT2D eigenvalue weighted by Crippen LogP contribution is -2.44. The number of hydrogen-bond donors (Lipinski definition) is 1. The topological polar surface area (TPSA) is 66.8 Å². The maximum absolute atomic E-state index is 12.8. The Morgan fingerprint density at radius 3 is 2.56 bits per heavy atom. The zero-order valence-corrected chi connectivity index (χ0v) is 14.3. The predicted molar refractivity (Wildman–Crippen MR) is 96.3 cm³/mol.